The van der Waals surface area contributed by atoms with Gasteiger partial charge in [-0.15, -0.1) is 0 Å². The standard InChI is InChI=1S/C8H8BrClFNO2/c9-6-7(11)4(10)1-3(8(6)14)5(12)2-13/h1,5,13-14H,2,12H2. The van der Waals surface area contributed by atoms with Crippen LogP contribution in [0.15, 0.2) is 10.5 Å². The van der Waals surface area contributed by atoms with Gasteiger partial charge >= 0.3 is 0 Å². The van der Waals surface area contributed by atoms with Crippen LogP contribution in [-0.2, 0) is 0 Å². The van der Waals surface area contributed by atoms with Gasteiger partial charge in [0.15, 0.2) is 5.82 Å². The van der Waals surface area contributed by atoms with Crippen molar-refractivity contribution in [1.29, 1.82) is 0 Å². The van der Waals surface area contributed by atoms with Crippen molar-refractivity contribution in [2.75, 3.05) is 6.61 Å². The van der Waals surface area contributed by atoms with E-state index in [0.29, 0.717) is 0 Å². The van der Waals surface area contributed by atoms with Gasteiger partial charge in [0.25, 0.3) is 0 Å². The molecule has 1 aromatic carbocycles. The maximum absolute atomic E-state index is 13.1. The Labute approximate surface area is 93.4 Å². The van der Waals surface area contributed by atoms with Gasteiger partial charge in [-0.3, -0.25) is 0 Å². The van der Waals surface area contributed by atoms with E-state index in [1.54, 1.807) is 0 Å². The predicted octanol–water partition coefficient (Wildman–Crippen LogP) is 1.94. The first-order valence-electron chi connectivity index (χ1n) is 3.71. The molecule has 14 heavy (non-hydrogen) atoms. The molecule has 0 aromatic heterocycles. The summed E-state index contributed by atoms with van der Waals surface area (Å²) < 4.78 is 12.9. The molecule has 4 N–H and O–H groups in total. The Morgan fingerprint density at radius 2 is 2.21 bits per heavy atom. The van der Waals surface area contributed by atoms with Crippen LogP contribution in [0.4, 0.5) is 4.39 Å². The molecule has 3 nitrogen and oxygen atoms in total. The Balaban J connectivity index is 3.33. The molecule has 0 amide bonds. The molecule has 0 saturated carbocycles. The third-order valence-corrected chi connectivity index (χ3v) is 2.76. The van der Waals surface area contributed by atoms with Gasteiger partial charge in [0, 0.05) is 5.56 Å². The normalized spacial score (nSPS) is 12.9. The Morgan fingerprint density at radius 3 is 2.71 bits per heavy atom. The van der Waals surface area contributed by atoms with Crippen molar-refractivity contribution >= 4 is 27.5 Å². The van der Waals surface area contributed by atoms with E-state index in [1.165, 1.54) is 6.07 Å². The van der Waals surface area contributed by atoms with Crippen molar-refractivity contribution < 1.29 is 14.6 Å². The number of phenolic OH excluding ortho intramolecular Hbond substituents is 1. The molecule has 0 heterocycles. The molecule has 1 unspecified atom stereocenters. The van der Waals surface area contributed by atoms with Crippen LogP contribution in [0.5, 0.6) is 5.75 Å². The molecule has 0 saturated heterocycles. The first-order chi connectivity index (χ1) is 6.49. The maximum atomic E-state index is 13.1. The SMILES string of the molecule is NC(CO)c1cc(Cl)c(F)c(Br)c1O. The number of hydrogen-bond donors (Lipinski definition) is 3. The highest BCUT2D eigenvalue weighted by Gasteiger charge is 2.18. The van der Waals surface area contributed by atoms with Gasteiger partial charge in [-0.2, -0.15) is 0 Å². The average molecular weight is 285 g/mol. The van der Waals surface area contributed by atoms with Crippen LogP contribution in [0.3, 0.4) is 0 Å². The van der Waals surface area contributed by atoms with Gasteiger partial charge < -0.3 is 15.9 Å². The molecule has 0 spiro atoms. The minimum Gasteiger partial charge on any atom is -0.506 e. The van der Waals surface area contributed by atoms with Crippen molar-refractivity contribution in [2.45, 2.75) is 6.04 Å². The highest BCUT2D eigenvalue weighted by atomic mass is 79.9. The largest absolute Gasteiger partial charge is 0.506 e. The van der Waals surface area contributed by atoms with E-state index in [2.05, 4.69) is 15.9 Å². The van der Waals surface area contributed by atoms with Crippen LogP contribution < -0.4 is 5.73 Å². The zero-order valence-electron chi connectivity index (χ0n) is 6.97. The number of aliphatic hydroxyl groups is 1. The summed E-state index contributed by atoms with van der Waals surface area (Å²) in [4.78, 5) is 0. The van der Waals surface area contributed by atoms with Gasteiger partial charge in [-0.1, -0.05) is 11.6 Å². The predicted molar refractivity (Wildman–Crippen MR) is 54.8 cm³/mol. The third-order valence-electron chi connectivity index (χ3n) is 1.76. The van der Waals surface area contributed by atoms with Crippen molar-refractivity contribution in [3.8, 4) is 5.75 Å². The van der Waals surface area contributed by atoms with Crippen LogP contribution in [0.2, 0.25) is 5.02 Å². The molecule has 0 fully saturated rings. The van der Waals surface area contributed by atoms with Gasteiger partial charge in [0.05, 0.1) is 22.1 Å². The second-order valence-corrected chi connectivity index (χ2v) is 3.91. The fraction of sp³-hybridized carbons (Fsp3) is 0.250. The summed E-state index contributed by atoms with van der Waals surface area (Å²) in [7, 11) is 0. The Kier molecular flexibility index (Phi) is 3.71. The molecule has 0 aliphatic rings. The van der Waals surface area contributed by atoms with Gasteiger partial charge in [0.1, 0.15) is 5.75 Å². The minimum atomic E-state index is -0.788. The molecule has 6 heteroatoms. The first kappa shape index (κ1) is 11.7. The molecule has 0 radical (unpaired) electrons. The molecule has 1 aromatic rings. The minimum absolute atomic E-state index is 0.149. The summed E-state index contributed by atoms with van der Waals surface area (Å²) in [6, 6.07) is 0.405. The Bertz CT molecular complexity index is 362. The molecule has 1 atom stereocenters. The quantitative estimate of drug-likeness (QED) is 0.727. The number of benzene rings is 1. The van der Waals surface area contributed by atoms with E-state index in [9.17, 15) is 9.50 Å². The Hall–Kier alpha value is -0.360. The lowest BCUT2D eigenvalue weighted by atomic mass is 10.1. The smallest absolute Gasteiger partial charge is 0.159 e. The molecule has 0 aliphatic heterocycles. The summed E-state index contributed by atoms with van der Waals surface area (Å²) in [6.45, 7) is -0.359. The molecule has 78 valence electrons. The number of hydrogen-bond acceptors (Lipinski definition) is 3. The lowest BCUT2D eigenvalue weighted by molar-refractivity contribution is 0.265. The lowest BCUT2D eigenvalue weighted by Gasteiger charge is -2.13. The number of halogens is 3. The third kappa shape index (κ3) is 2.00. The van der Waals surface area contributed by atoms with Gasteiger partial charge in [-0.25, -0.2) is 4.39 Å². The van der Waals surface area contributed by atoms with E-state index in [0.717, 1.165) is 0 Å². The van der Waals surface area contributed by atoms with Crippen molar-refractivity contribution in [3.05, 3.63) is 26.9 Å². The second-order valence-electron chi connectivity index (χ2n) is 2.71. The van der Waals surface area contributed by atoms with E-state index in [-0.39, 0.29) is 27.4 Å². The van der Waals surface area contributed by atoms with E-state index >= 15 is 0 Å². The van der Waals surface area contributed by atoms with Crippen molar-refractivity contribution in [3.63, 3.8) is 0 Å². The topological polar surface area (TPSA) is 66.5 Å². The Morgan fingerprint density at radius 1 is 1.64 bits per heavy atom. The maximum Gasteiger partial charge on any atom is 0.159 e. The summed E-state index contributed by atoms with van der Waals surface area (Å²) in [5, 5.41) is 18.1. The number of rotatable bonds is 2. The van der Waals surface area contributed by atoms with Crippen LogP contribution in [0.25, 0.3) is 0 Å². The molecular formula is C8H8BrClFNO2. The molecule has 0 bridgehead atoms. The summed E-state index contributed by atoms with van der Waals surface area (Å²) in [6.07, 6.45) is 0. The van der Waals surface area contributed by atoms with Crippen LogP contribution in [0, 0.1) is 5.82 Å². The number of aromatic hydroxyl groups is 1. The van der Waals surface area contributed by atoms with Gasteiger partial charge in [-0.05, 0) is 22.0 Å². The van der Waals surface area contributed by atoms with Gasteiger partial charge in [0.2, 0.25) is 0 Å². The fourth-order valence-electron chi connectivity index (χ4n) is 0.985. The highest BCUT2D eigenvalue weighted by Crippen LogP contribution is 2.37. The van der Waals surface area contributed by atoms with Crippen molar-refractivity contribution in [2.24, 2.45) is 5.73 Å². The van der Waals surface area contributed by atoms with Crippen molar-refractivity contribution in [1.82, 2.24) is 0 Å². The first-order valence-corrected chi connectivity index (χ1v) is 4.89. The zero-order valence-corrected chi connectivity index (χ0v) is 9.31. The summed E-state index contributed by atoms with van der Waals surface area (Å²) in [5.41, 5.74) is 5.67. The van der Waals surface area contributed by atoms with E-state index in [1.807, 2.05) is 0 Å². The van der Waals surface area contributed by atoms with E-state index < -0.39 is 11.9 Å². The van der Waals surface area contributed by atoms with E-state index in [4.69, 9.17) is 22.4 Å². The zero-order chi connectivity index (χ0) is 10.9. The van der Waals surface area contributed by atoms with Crippen LogP contribution >= 0.6 is 27.5 Å². The highest BCUT2D eigenvalue weighted by molar-refractivity contribution is 9.10. The monoisotopic (exact) mass is 283 g/mol. The number of phenols is 1. The molecule has 1 rings (SSSR count). The number of aliphatic hydroxyl groups excluding tert-OH is 1. The summed E-state index contributed by atoms with van der Waals surface area (Å²) in [5.74, 6) is -1.09. The fourth-order valence-corrected chi connectivity index (χ4v) is 1.75. The summed E-state index contributed by atoms with van der Waals surface area (Å²) >= 11 is 8.37. The second kappa shape index (κ2) is 4.44. The van der Waals surface area contributed by atoms with Crippen LogP contribution in [0.1, 0.15) is 11.6 Å². The molecular weight excluding hydrogens is 276 g/mol. The number of nitrogens with two attached hydrogens (primary N) is 1. The lowest BCUT2D eigenvalue weighted by Crippen LogP contribution is -2.15. The van der Waals surface area contributed by atoms with Crippen LogP contribution in [-0.4, -0.2) is 16.8 Å². The molecule has 0 aliphatic carbocycles. The average Bonchev–Trinajstić information content (AvgIpc) is 2.19.